The van der Waals surface area contributed by atoms with Crippen LogP contribution < -0.4 is 0 Å². The lowest BCUT2D eigenvalue weighted by Crippen LogP contribution is -2.27. The highest BCUT2D eigenvalue weighted by atomic mass is 32.1. The van der Waals surface area contributed by atoms with Crippen LogP contribution in [0.25, 0.3) is 0 Å². The molecular weight excluding hydrogens is 164 g/mol. The second kappa shape index (κ2) is 3.32. The molecule has 0 saturated heterocycles. The highest BCUT2D eigenvalue weighted by Gasteiger charge is 2.17. The highest BCUT2D eigenvalue weighted by molar-refractivity contribution is 7.09. The summed E-state index contributed by atoms with van der Waals surface area (Å²) in [6.07, 6.45) is 0.439. The normalized spacial score (nSPS) is 11.9. The Hall–Kier alpha value is -0.420. The number of hydrogen-bond acceptors (Lipinski definition) is 4. The first kappa shape index (κ1) is 8.67. The predicted octanol–water partition coefficient (Wildman–Crippen LogP) is 0.311. The molecular formula is C7H10O3S. The maximum Gasteiger partial charge on any atom is 0.275 e. The largest absolute Gasteiger partial charge is 0.344 e. The highest BCUT2D eigenvalue weighted by Crippen LogP contribution is 2.13. The fraction of sp³-hybridized carbons (Fsp3) is 0.429. The van der Waals surface area contributed by atoms with Crippen molar-refractivity contribution in [1.29, 1.82) is 0 Å². The van der Waals surface area contributed by atoms with Crippen molar-refractivity contribution < 1.29 is 15.3 Å². The van der Waals surface area contributed by atoms with Gasteiger partial charge in [-0.05, 0) is 17.9 Å². The van der Waals surface area contributed by atoms with Gasteiger partial charge in [-0.25, -0.2) is 0 Å². The van der Waals surface area contributed by atoms with Crippen molar-refractivity contribution in [1.82, 2.24) is 0 Å². The van der Waals surface area contributed by atoms with Crippen molar-refractivity contribution in [2.24, 2.45) is 0 Å². The van der Waals surface area contributed by atoms with Crippen molar-refractivity contribution >= 4 is 11.3 Å². The summed E-state index contributed by atoms with van der Waals surface area (Å²) >= 11 is 1.53. The van der Waals surface area contributed by atoms with Gasteiger partial charge in [0.1, 0.15) is 0 Å². The summed E-state index contributed by atoms with van der Waals surface area (Å²) in [5.74, 6) is -2.52. The third-order valence-corrected chi connectivity index (χ3v) is 2.22. The second-order valence-electron chi connectivity index (χ2n) is 2.35. The number of aryl methyl sites for hydroxylation is 1. The molecule has 0 spiro atoms. The Labute approximate surface area is 68.5 Å². The summed E-state index contributed by atoms with van der Waals surface area (Å²) in [5.41, 5.74) is 0. The van der Waals surface area contributed by atoms with Gasteiger partial charge in [0.25, 0.3) is 5.97 Å². The molecule has 0 amide bonds. The summed E-state index contributed by atoms with van der Waals surface area (Å²) in [6.45, 7) is 0. The molecule has 0 aliphatic rings. The molecule has 0 radical (unpaired) electrons. The zero-order chi connectivity index (χ0) is 8.32. The molecule has 1 aromatic rings. The SMILES string of the molecule is OC(O)(O)CCc1cccs1. The average Bonchev–Trinajstić information content (AvgIpc) is 2.32. The molecule has 0 atom stereocenters. The molecule has 62 valence electrons. The van der Waals surface area contributed by atoms with Crippen LogP contribution >= 0.6 is 11.3 Å². The van der Waals surface area contributed by atoms with Crippen molar-refractivity contribution in [2.75, 3.05) is 0 Å². The Balaban J connectivity index is 2.35. The van der Waals surface area contributed by atoms with Crippen molar-refractivity contribution in [3.05, 3.63) is 22.4 Å². The summed E-state index contributed by atoms with van der Waals surface area (Å²) < 4.78 is 0. The average molecular weight is 174 g/mol. The van der Waals surface area contributed by atoms with Crippen LogP contribution in [0.4, 0.5) is 0 Å². The van der Waals surface area contributed by atoms with Crippen LogP contribution in [0.3, 0.4) is 0 Å². The summed E-state index contributed by atoms with van der Waals surface area (Å²) in [7, 11) is 0. The smallest absolute Gasteiger partial charge is 0.275 e. The standard InChI is InChI=1S/C7H10O3S/c8-7(9,10)4-3-6-2-1-5-11-6/h1-2,5,8-10H,3-4H2. The minimum Gasteiger partial charge on any atom is -0.344 e. The van der Waals surface area contributed by atoms with E-state index in [9.17, 15) is 0 Å². The predicted molar refractivity (Wildman–Crippen MR) is 42.0 cm³/mol. The van der Waals surface area contributed by atoms with Gasteiger partial charge >= 0.3 is 0 Å². The quantitative estimate of drug-likeness (QED) is 0.578. The van der Waals surface area contributed by atoms with Crippen LogP contribution in [0.2, 0.25) is 0 Å². The molecule has 0 aromatic carbocycles. The Morgan fingerprint density at radius 2 is 2.09 bits per heavy atom. The Morgan fingerprint density at radius 1 is 1.36 bits per heavy atom. The minimum atomic E-state index is -2.52. The van der Waals surface area contributed by atoms with Gasteiger partial charge in [-0.3, -0.25) is 0 Å². The molecule has 1 aromatic heterocycles. The van der Waals surface area contributed by atoms with E-state index >= 15 is 0 Å². The van der Waals surface area contributed by atoms with E-state index in [2.05, 4.69) is 0 Å². The van der Waals surface area contributed by atoms with Crippen LogP contribution in [0, 0.1) is 0 Å². The first-order valence-corrected chi connectivity index (χ1v) is 4.15. The van der Waals surface area contributed by atoms with Crippen LogP contribution in [0.5, 0.6) is 0 Å². The molecule has 1 heterocycles. The fourth-order valence-electron chi connectivity index (χ4n) is 0.746. The fourth-order valence-corrected chi connectivity index (χ4v) is 1.45. The maximum atomic E-state index is 8.53. The van der Waals surface area contributed by atoms with Crippen molar-refractivity contribution in [2.45, 2.75) is 18.8 Å². The van der Waals surface area contributed by atoms with Gasteiger partial charge in [-0.15, -0.1) is 11.3 Å². The summed E-state index contributed by atoms with van der Waals surface area (Å²) in [4.78, 5) is 1.03. The van der Waals surface area contributed by atoms with E-state index in [1.54, 1.807) is 0 Å². The van der Waals surface area contributed by atoms with Gasteiger partial charge in [0, 0.05) is 11.3 Å². The van der Waals surface area contributed by atoms with Gasteiger partial charge in [-0.2, -0.15) is 0 Å². The molecule has 0 unspecified atom stereocenters. The topological polar surface area (TPSA) is 60.7 Å². The van der Waals surface area contributed by atoms with E-state index in [1.165, 1.54) is 11.3 Å². The number of aliphatic hydroxyl groups is 3. The number of rotatable bonds is 3. The van der Waals surface area contributed by atoms with E-state index < -0.39 is 5.97 Å². The number of thiophene rings is 1. The molecule has 0 bridgehead atoms. The molecule has 0 saturated carbocycles. The van der Waals surface area contributed by atoms with Crippen molar-refractivity contribution in [3.63, 3.8) is 0 Å². The Kier molecular flexibility index (Phi) is 2.62. The van der Waals surface area contributed by atoms with E-state index in [0.717, 1.165) is 4.88 Å². The van der Waals surface area contributed by atoms with E-state index in [-0.39, 0.29) is 6.42 Å². The van der Waals surface area contributed by atoms with Gasteiger partial charge in [0.05, 0.1) is 0 Å². The van der Waals surface area contributed by atoms with E-state index in [0.29, 0.717) is 6.42 Å². The monoisotopic (exact) mass is 174 g/mol. The third-order valence-electron chi connectivity index (χ3n) is 1.29. The molecule has 0 fully saturated rings. The van der Waals surface area contributed by atoms with Gasteiger partial charge < -0.3 is 15.3 Å². The van der Waals surface area contributed by atoms with Gasteiger partial charge in [-0.1, -0.05) is 6.07 Å². The molecule has 0 aliphatic carbocycles. The van der Waals surface area contributed by atoms with E-state index in [1.807, 2.05) is 17.5 Å². The zero-order valence-corrected chi connectivity index (χ0v) is 6.71. The summed E-state index contributed by atoms with van der Waals surface area (Å²) in [6, 6.07) is 3.77. The molecule has 3 N–H and O–H groups in total. The molecule has 3 nitrogen and oxygen atoms in total. The third kappa shape index (κ3) is 3.48. The lowest BCUT2D eigenvalue weighted by atomic mass is 10.2. The van der Waals surface area contributed by atoms with Crippen LogP contribution in [-0.2, 0) is 6.42 Å². The van der Waals surface area contributed by atoms with Crippen LogP contribution in [0.15, 0.2) is 17.5 Å². The Morgan fingerprint density at radius 3 is 2.55 bits per heavy atom. The molecule has 11 heavy (non-hydrogen) atoms. The van der Waals surface area contributed by atoms with E-state index in [4.69, 9.17) is 15.3 Å². The minimum absolute atomic E-state index is 0.0481. The zero-order valence-electron chi connectivity index (χ0n) is 5.90. The lowest BCUT2D eigenvalue weighted by molar-refractivity contribution is -0.314. The van der Waals surface area contributed by atoms with Crippen LogP contribution in [0.1, 0.15) is 11.3 Å². The molecule has 4 heteroatoms. The lowest BCUT2D eigenvalue weighted by Gasteiger charge is -2.12. The van der Waals surface area contributed by atoms with Crippen molar-refractivity contribution in [3.8, 4) is 0 Å². The first-order chi connectivity index (χ1) is 5.08. The first-order valence-electron chi connectivity index (χ1n) is 3.27. The number of hydrogen-bond donors (Lipinski definition) is 3. The Bertz CT molecular complexity index is 200. The molecule has 1 rings (SSSR count). The summed E-state index contributed by atoms with van der Waals surface area (Å²) in [5, 5.41) is 27.5. The van der Waals surface area contributed by atoms with Gasteiger partial charge in [0.2, 0.25) is 0 Å². The van der Waals surface area contributed by atoms with Gasteiger partial charge in [0.15, 0.2) is 0 Å². The van der Waals surface area contributed by atoms with Crippen LogP contribution in [-0.4, -0.2) is 21.3 Å². The molecule has 0 aliphatic heterocycles. The maximum absolute atomic E-state index is 8.53. The second-order valence-corrected chi connectivity index (χ2v) is 3.39.